The van der Waals surface area contributed by atoms with E-state index < -0.39 is 0 Å². The van der Waals surface area contributed by atoms with Crippen LogP contribution in [0.5, 0.6) is 5.75 Å². The van der Waals surface area contributed by atoms with E-state index in [0.717, 1.165) is 28.1 Å². The largest absolute Gasteiger partial charge is 0.497 e. The van der Waals surface area contributed by atoms with Gasteiger partial charge in [-0.25, -0.2) is 4.98 Å². The molecule has 4 aromatic rings. The normalized spacial score (nSPS) is 16.4. The van der Waals surface area contributed by atoms with Gasteiger partial charge < -0.3 is 23.3 Å². The highest BCUT2D eigenvalue weighted by Crippen LogP contribution is 2.28. The minimum Gasteiger partial charge on any atom is -0.497 e. The lowest BCUT2D eigenvalue weighted by molar-refractivity contribution is -0.138. The van der Waals surface area contributed by atoms with Crippen molar-refractivity contribution in [3.05, 3.63) is 66.3 Å². The zero-order valence-corrected chi connectivity index (χ0v) is 17.9. The Hall–Kier alpha value is -3.72. The first-order chi connectivity index (χ1) is 15.6. The Labute approximate surface area is 184 Å². The molecule has 3 aromatic heterocycles. The van der Waals surface area contributed by atoms with Crippen molar-refractivity contribution in [2.45, 2.75) is 19.4 Å². The van der Waals surface area contributed by atoms with Gasteiger partial charge in [0.25, 0.3) is 0 Å². The van der Waals surface area contributed by atoms with Crippen LogP contribution in [0.25, 0.3) is 16.6 Å². The second kappa shape index (κ2) is 8.43. The van der Waals surface area contributed by atoms with Crippen LogP contribution in [0.2, 0.25) is 0 Å². The molecule has 1 saturated heterocycles. The van der Waals surface area contributed by atoms with Crippen molar-refractivity contribution < 1.29 is 18.8 Å². The highest BCUT2D eigenvalue weighted by atomic mass is 16.5. The first-order valence-corrected chi connectivity index (χ1v) is 10.4. The topological polar surface area (TPSA) is 95.0 Å². The highest BCUT2D eigenvalue weighted by Gasteiger charge is 2.29. The Morgan fingerprint density at radius 1 is 1.19 bits per heavy atom. The summed E-state index contributed by atoms with van der Waals surface area (Å²) in [4.78, 5) is 23.2. The van der Waals surface area contributed by atoms with Crippen molar-refractivity contribution >= 4 is 11.4 Å². The molecule has 4 heterocycles. The standard InChI is InChI=1S/C23H23N5O4/c1-15-25-21(32-26-15)11-22(29)27-9-10-31-20(13-27)23-19-8-5-17(12-28(19)14-24-23)16-3-6-18(30-2)7-4-16/h3-8,12,14,20H,9-11,13H2,1-2H3/t20-/m1/s1. The van der Waals surface area contributed by atoms with Gasteiger partial charge in [0.1, 0.15) is 18.3 Å². The highest BCUT2D eigenvalue weighted by molar-refractivity contribution is 5.78. The minimum absolute atomic E-state index is 0.0627. The van der Waals surface area contributed by atoms with Gasteiger partial charge in [-0.1, -0.05) is 23.4 Å². The van der Waals surface area contributed by atoms with Gasteiger partial charge in [0.2, 0.25) is 11.8 Å². The third-order valence-corrected chi connectivity index (χ3v) is 5.58. The first-order valence-electron chi connectivity index (χ1n) is 10.4. The van der Waals surface area contributed by atoms with Gasteiger partial charge in [0.05, 0.1) is 37.8 Å². The molecule has 5 rings (SSSR count). The van der Waals surface area contributed by atoms with Gasteiger partial charge in [-0.15, -0.1) is 0 Å². The third-order valence-electron chi connectivity index (χ3n) is 5.58. The zero-order valence-electron chi connectivity index (χ0n) is 17.9. The summed E-state index contributed by atoms with van der Waals surface area (Å²) in [6, 6.07) is 12.0. The van der Waals surface area contributed by atoms with Crippen LogP contribution in [-0.4, -0.2) is 57.1 Å². The van der Waals surface area contributed by atoms with Crippen molar-refractivity contribution in [2.75, 3.05) is 26.8 Å². The van der Waals surface area contributed by atoms with Crippen molar-refractivity contribution in [1.29, 1.82) is 0 Å². The van der Waals surface area contributed by atoms with Crippen LogP contribution in [0, 0.1) is 6.92 Å². The fraction of sp³-hybridized carbons (Fsp3) is 0.304. The number of rotatable bonds is 5. The molecule has 1 amide bonds. The molecule has 1 aliphatic heterocycles. The molecule has 1 atom stereocenters. The number of imidazole rings is 1. The molecular formula is C23H23N5O4. The lowest BCUT2D eigenvalue weighted by Crippen LogP contribution is -2.43. The second-order valence-corrected chi connectivity index (χ2v) is 7.68. The number of pyridine rings is 1. The number of benzene rings is 1. The Kier molecular flexibility index (Phi) is 5.32. The van der Waals surface area contributed by atoms with E-state index in [4.69, 9.17) is 14.0 Å². The Morgan fingerprint density at radius 3 is 2.75 bits per heavy atom. The van der Waals surface area contributed by atoms with Crippen LogP contribution in [-0.2, 0) is 16.0 Å². The molecule has 1 aliphatic rings. The number of hydrogen-bond acceptors (Lipinski definition) is 7. The van der Waals surface area contributed by atoms with Gasteiger partial charge in [0, 0.05) is 12.7 Å². The van der Waals surface area contributed by atoms with Gasteiger partial charge in [-0.3, -0.25) is 4.79 Å². The number of ether oxygens (including phenoxy) is 2. The van der Waals surface area contributed by atoms with E-state index in [2.05, 4.69) is 21.2 Å². The maximum absolute atomic E-state index is 12.7. The smallest absolute Gasteiger partial charge is 0.236 e. The number of aromatic nitrogens is 4. The second-order valence-electron chi connectivity index (χ2n) is 7.68. The number of carbonyl (C=O) groups is 1. The van der Waals surface area contributed by atoms with Crippen molar-refractivity contribution in [3.8, 4) is 16.9 Å². The molecule has 1 aromatic carbocycles. The average molecular weight is 433 g/mol. The Morgan fingerprint density at radius 2 is 2.00 bits per heavy atom. The van der Waals surface area contributed by atoms with E-state index in [-0.39, 0.29) is 18.4 Å². The zero-order chi connectivity index (χ0) is 22.1. The number of amides is 1. The number of nitrogens with zero attached hydrogens (tertiary/aromatic N) is 5. The first kappa shape index (κ1) is 20.2. The third kappa shape index (κ3) is 3.94. The van der Waals surface area contributed by atoms with Crippen LogP contribution in [0.1, 0.15) is 23.5 Å². The lowest BCUT2D eigenvalue weighted by Gasteiger charge is -2.32. The predicted octanol–water partition coefficient (Wildman–Crippen LogP) is 2.84. The molecule has 0 N–H and O–H groups in total. The summed E-state index contributed by atoms with van der Waals surface area (Å²) in [5.41, 5.74) is 3.93. The monoisotopic (exact) mass is 433 g/mol. The van der Waals surface area contributed by atoms with Crippen molar-refractivity contribution in [3.63, 3.8) is 0 Å². The van der Waals surface area contributed by atoms with Crippen molar-refractivity contribution in [1.82, 2.24) is 24.4 Å². The summed E-state index contributed by atoms with van der Waals surface area (Å²) in [7, 11) is 1.65. The van der Waals surface area contributed by atoms with E-state index in [0.29, 0.717) is 31.4 Å². The number of fused-ring (bicyclic) bond motifs is 1. The fourth-order valence-electron chi connectivity index (χ4n) is 3.92. The molecule has 32 heavy (non-hydrogen) atoms. The van der Waals surface area contributed by atoms with E-state index in [9.17, 15) is 4.79 Å². The van der Waals surface area contributed by atoms with Crippen LogP contribution < -0.4 is 4.74 Å². The van der Waals surface area contributed by atoms with Gasteiger partial charge in [-0.2, -0.15) is 4.98 Å². The quantitative estimate of drug-likeness (QED) is 0.478. The summed E-state index contributed by atoms with van der Waals surface area (Å²) in [6.07, 6.45) is 3.61. The number of carbonyl (C=O) groups excluding carboxylic acids is 1. The van der Waals surface area contributed by atoms with E-state index in [1.54, 1.807) is 25.3 Å². The lowest BCUT2D eigenvalue weighted by atomic mass is 10.1. The van der Waals surface area contributed by atoms with Gasteiger partial charge >= 0.3 is 0 Å². The molecular weight excluding hydrogens is 410 g/mol. The number of hydrogen-bond donors (Lipinski definition) is 0. The SMILES string of the molecule is COc1ccc(-c2ccc3c([C@H]4CN(C(=O)Cc5nc(C)no5)CCO4)ncn3c2)cc1. The van der Waals surface area contributed by atoms with E-state index in [1.807, 2.05) is 40.9 Å². The van der Waals surface area contributed by atoms with Crippen molar-refractivity contribution in [2.24, 2.45) is 0 Å². The molecule has 1 fully saturated rings. The van der Waals surface area contributed by atoms with Gasteiger partial charge in [-0.05, 0) is 36.2 Å². The van der Waals surface area contributed by atoms with Crippen LogP contribution >= 0.6 is 0 Å². The fourth-order valence-corrected chi connectivity index (χ4v) is 3.92. The van der Waals surface area contributed by atoms with Crippen LogP contribution in [0.3, 0.4) is 0 Å². The molecule has 0 radical (unpaired) electrons. The molecule has 0 aliphatic carbocycles. The molecule has 0 saturated carbocycles. The Balaban J connectivity index is 1.34. The summed E-state index contributed by atoms with van der Waals surface area (Å²) in [5, 5.41) is 3.74. The average Bonchev–Trinajstić information content (AvgIpc) is 3.44. The predicted molar refractivity (Wildman–Crippen MR) is 115 cm³/mol. The summed E-state index contributed by atoms with van der Waals surface area (Å²) in [5.74, 6) is 1.61. The van der Waals surface area contributed by atoms with E-state index in [1.165, 1.54) is 0 Å². The molecule has 0 unspecified atom stereocenters. The molecule has 9 heteroatoms. The molecule has 0 bridgehead atoms. The maximum Gasteiger partial charge on any atom is 0.236 e. The summed E-state index contributed by atoms with van der Waals surface area (Å²) >= 11 is 0. The van der Waals surface area contributed by atoms with Crippen LogP contribution in [0.4, 0.5) is 0 Å². The number of aryl methyl sites for hydroxylation is 1. The minimum atomic E-state index is -0.297. The Bertz CT molecular complexity index is 1250. The summed E-state index contributed by atoms with van der Waals surface area (Å²) < 4.78 is 18.3. The van der Waals surface area contributed by atoms with Gasteiger partial charge in [0.15, 0.2) is 5.82 Å². The molecule has 0 spiro atoms. The maximum atomic E-state index is 12.7. The number of morpholine rings is 1. The summed E-state index contributed by atoms with van der Waals surface area (Å²) in [6.45, 7) is 3.13. The van der Waals surface area contributed by atoms with E-state index >= 15 is 0 Å². The van der Waals surface area contributed by atoms with Crippen LogP contribution in [0.15, 0.2) is 53.4 Å². The molecule has 164 valence electrons. The number of methoxy groups -OCH3 is 1. The molecule has 9 nitrogen and oxygen atoms in total.